The molecule has 0 aliphatic carbocycles. The Balaban J connectivity index is 2.15. The van der Waals surface area contributed by atoms with E-state index >= 15 is 0 Å². The van der Waals surface area contributed by atoms with Crippen LogP contribution in [-0.2, 0) is 11.3 Å². The van der Waals surface area contributed by atoms with Gasteiger partial charge in [-0.2, -0.15) is 10.4 Å². The summed E-state index contributed by atoms with van der Waals surface area (Å²) in [5.74, 6) is 0.911. The Morgan fingerprint density at radius 3 is 2.45 bits per heavy atom. The fourth-order valence-electron chi connectivity index (χ4n) is 3.34. The smallest absolute Gasteiger partial charge is 0.178 e. The van der Waals surface area contributed by atoms with Crippen LogP contribution in [0.25, 0.3) is 17.3 Å². The van der Waals surface area contributed by atoms with E-state index in [0.29, 0.717) is 34.3 Å². The number of benzene rings is 2. The second kappa shape index (κ2) is 9.93. The summed E-state index contributed by atoms with van der Waals surface area (Å²) in [4.78, 5) is 12.8. The number of nitriles is 1. The minimum absolute atomic E-state index is 0.0709. The highest BCUT2D eigenvalue weighted by atomic mass is 35.5. The number of rotatable bonds is 7. The molecule has 0 amide bonds. The van der Waals surface area contributed by atoms with Crippen molar-refractivity contribution < 1.29 is 14.3 Å². The van der Waals surface area contributed by atoms with Gasteiger partial charge in [0.2, 0.25) is 0 Å². The molecule has 0 atom stereocenters. The lowest BCUT2D eigenvalue weighted by atomic mass is 9.86. The van der Waals surface area contributed by atoms with Crippen LogP contribution in [0.4, 0.5) is 0 Å². The van der Waals surface area contributed by atoms with Gasteiger partial charge in [0.25, 0.3) is 0 Å². The van der Waals surface area contributed by atoms with E-state index in [9.17, 15) is 10.1 Å². The normalized spacial score (nSPS) is 11.7. The maximum Gasteiger partial charge on any atom is 0.178 e. The number of hydrogen-bond donors (Lipinski definition) is 0. The fraction of sp³-hybridized carbons (Fsp3) is 0.269. The molecular weight excluding hydrogens is 438 g/mol. The fourth-order valence-corrected chi connectivity index (χ4v) is 3.54. The highest BCUT2D eigenvalue weighted by Crippen LogP contribution is 2.34. The second-order valence-electron chi connectivity index (χ2n) is 8.54. The molecule has 7 heteroatoms. The van der Waals surface area contributed by atoms with Gasteiger partial charge in [-0.15, -0.1) is 0 Å². The molecule has 0 saturated heterocycles. The van der Waals surface area contributed by atoms with Gasteiger partial charge >= 0.3 is 0 Å². The summed E-state index contributed by atoms with van der Waals surface area (Å²) in [6.45, 7) is 5.80. The molecule has 0 fully saturated rings. The quantitative estimate of drug-likeness (QED) is 0.327. The predicted molar refractivity (Wildman–Crippen MR) is 129 cm³/mol. The van der Waals surface area contributed by atoms with Gasteiger partial charge in [0.05, 0.1) is 32.0 Å². The maximum atomic E-state index is 12.8. The maximum absolute atomic E-state index is 12.8. The minimum Gasteiger partial charge on any atom is -0.493 e. The van der Waals surface area contributed by atoms with Gasteiger partial charge in [0, 0.05) is 27.8 Å². The number of methoxy groups -OCH3 is 2. The Hall–Kier alpha value is -3.56. The van der Waals surface area contributed by atoms with Crippen molar-refractivity contribution in [3.05, 3.63) is 70.4 Å². The van der Waals surface area contributed by atoms with Crippen LogP contribution in [0, 0.1) is 16.7 Å². The summed E-state index contributed by atoms with van der Waals surface area (Å²) < 4.78 is 12.5. The number of carbonyl (C=O) groups is 1. The first-order chi connectivity index (χ1) is 15.7. The summed E-state index contributed by atoms with van der Waals surface area (Å²) in [7, 11) is 3.13. The SMILES string of the molecule is COc1ccc(-c2nn(Cc3ccccc3Cl)cc2/C=C(/C#N)C(=O)C(C)(C)C)cc1OC. The summed E-state index contributed by atoms with van der Waals surface area (Å²) >= 11 is 6.34. The Morgan fingerprint density at radius 1 is 1.15 bits per heavy atom. The second-order valence-corrected chi connectivity index (χ2v) is 8.95. The average Bonchev–Trinajstić information content (AvgIpc) is 3.19. The van der Waals surface area contributed by atoms with E-state index in [1.54, 1.807) is 51.8 Å². The van der Waals surface area contributed by atoms with Crippen LogP contribution in [0.1, 0.15) is 31.9 Å². The molecule has 6 nitrogen and oxygen atoms in total. The van der Waals surface area contributed by atoms with Crippen molar-refractivity contribution in [3.63, 3.8) is 0 Å². The molecule has 170 valence electrons. The van der Waals surface area contributed by atoms with Crippen LogP contribution < -0.4 is 9.47 Å². The Morgan fingerprint density at radius 2 is 1.85 bits per heavy atom. The standard InChI is InChI=1S/C26H26ClN3O3/c1-26(2,3)25(31)19(14-28)12-20-16-30(15-18-8-6-7-9-21(18)27)29-24(20)17-10-11-22(32-4)23(13-17)33-5/h6-13,16H,15H2,1-5H3/b19-12-. The number of ketones is 1. The zero-order valence-electron chi connectivity index (χ0n) is 19.3. The van der Waals surface area contributed by atoms with Crippen LogP contribution in [0.5, 0.6) is 11.5 Å². The predicted octanol–water partition coefficient (Wildman–Crippen LogP) is 5.79. The molecule has 0 aliphatic rings. The van der Waals surface area contributed by atoms with Crippen molar-refractivity contribution in [1.29, 1.82) is 5.26 Å². The first kappa shape index (κ1) is 24.1. The molecule has 0 bridgehead atoms. The molecule has 2 aromatic carbocycles. The zero-order valence-corrected chi connectivity index (χ0v) is 20.1. The molecule has 0 aliphatic heterocycles. The number of ether oxygens (including phenoxy) is 2. The molecular formula is C26H26ClN3O3. The lowest BCUT2D eigenvalue weighted by Crippen LogP contribution is -2.21. The molecule has 0 saturated carbocycles. The van der Waals surface area contributed by atoms with Gasteiger partial charge in [-0.1, -0.05) is 50.6 Å². The Labute approximate surface area is 199 Å². The third-order valence-electron chi connectivity index (χ3n) is 5.08. The van der Waals surface area contributed by atoms with Crippen LogP contribution in [0.3, 0.4) is 0 Å². The van der Waals surface area contributed by atoms with Crippen LogP contribution in [-0.4, -0.2) is 29.8 Å². The molecule has 3 aromatic rings. The molecule has 0 spiro atoms. The summed E-state index contributed by atoms with van der Waals surface area (Å²) in [5, 5.41) is 15.1. The number of allylic oxidation sites excluding steroid dienone is 1. The van der Waals surface area contributed by atoms with E-state index in [1.807, 2.05) is 42.6 Å². The van der Waals surface area contributed by atoms with Gasteiger partial charge in [-0.3, -0.25) is 9.48 Å². The lowest BCUT2D eigenvalue weighted by molar-refractivity contribution is -0.121. The molecule has 0 unspecified atom stereocenters. The first-order valence-corrected chi connectivity index (χ1v) is 10.8. The van der Waals surface area contributed by atoms with Crippen LogP contribution in [0.2, 0.25) is 5.02 Å². The average molecular weight is 464 g/mol. The van der Waals surface area contributed by atoms with Gasteiger partial charge < -0.3 is 9.47 Å². The van der Waals surface area contributed by atoms with Crippen molar-refractivity contribution in [2.24, 2.45) is 5.41 Å². The number of carbonyl (C=O) groups excluding carboxylic acids is 1. The van der Waals surface area contributed by atoms with Gasteiger partial charge in [0.15, 0.2) is 17.3 Å². The molecule has 1 heterocycles. The third-order valence-corrected chi connectivity index (χ3v) is 5.45. The Kier molecular flexibility index (Phi) is 7.25. The van der Waals surface area contributed by atoms with Crippen molar-refractivity contribution in [3.8, 4) is 28.8 Å². The minimum atomic E-state index is -0.682. The zero-order chi connectivity index (χ0) is 24.2. The van der Waals surface area contributed by atoms with E-state index in [4.69, 9.17) is 26.2 Å². The lowest BCUT2D eigenvalue weighted by Gasteiger charge is -2.15. The van der Waals surface area contributed by atoms with Crippen LogP contribution >= 0.6 is 11.6 Å². The molecule has 0 N–H and O–H groups in total. The van der Waals surface area contributed by atoms with Gasteiger partial charge in [-0.25, -0.2) is 0 Å². The molecule has 0 radical (unpaired) electrons. The number of halogens is 1. The summed E-state index contributed by atoms with van der Waals surface area (Å²) in [5.41, 5.74) is 2.31. The van der Waals surface area contributed by atoms with Crippen molar-refractivity contribution >= 4 is 23.5 Å². The molecule has 3 rings (SSSR count). The van der Waals surface area contributed by atoms with E-state index in [1.165, 1.54) is 0 Å². The summed E-state index contributed by atoms with van der Waals surface area (Å²) in [6, 6.07) is 15.1. The molecule has 1 aromatic heterocycles. The van der Waals surface area contributed by atoms with Crippen molar-refractivity contribution in [2.75, 3.05) is 14.2 Å². The number of aromatic nitrogens is 2. The van der Waals surface area contributed by atoms with E-state index < -0.39 is 5.41 Å². The third kappa shape index (κ3) is 5.44. The van der Waals surface area contributed by atoms with E-state index in [0.717, 1.165) is 11.1 Å². The van der Waals surface area contributed by atoms with E-state index in [-0.39, 0.29) is 11.4 Å². The molecule has 33 heavy (non-hydrogen) atoms. The van der Waals surface area contributed by atoms with E-state index in [2.05, 4.69) is 6.07 Å². The number of hydrogen-bond acceptors (Lipinski definition) is 5. The highest BCUT2D eigenvalue weighted by molar-refractivity contribution is 6.31. The summed E-state index contributed by atoms with van der Waals surface area (Å²) in [6.07, 6.45) is 3.40. The highest BCUT2D eigenvalue weighted by Gasteiger charge is 2.26. The van der Waals surface area contributed by atoms with Crippen LogP contribution in [0.15, 0.2) is 54.2 Å². The van der Waals surface area contributed by atoms with Crippen molar-refractivity contribution in [2.45, 2.75) is 27.3 Å². The topological polar surface area (TPSA) is 77.1 Å². The van der Waals surface area contributed by atoms with Gasteiger partial charge in [-0.05, 0) is 35.9 Å². The largest absolute Gasteiger partial charge is 0.493 e. The van der Waals surface area contributed by atoms with Gasteiger partial charge in [0.1, 0.15) is 6.07 Å². The monoisotopic (exact) mass is 463 g/mol. The number of Topliss-reactive ketones (excluding diaryl/α,β-unsaturated/α-hetero) is 1. The first-order valence-electron chi connectivity index (χ1n) is 10.4. The number of nitrogens with zero attached hydrogens (tertiary/aromatic N) is 3. The van der Waals surface area contributed by atoms with Crippen molar-refractivity contribution in [1.82, 2.24) is 9.78 Å². The Bertz CT molecular complexity index is 1250.